The summed E-state index contributed by atoms with van der Waals surface area (Å²) in [6.07, 6.45) is 1.98. The molecule has 1 N–H and O–H groups in total. The maximum Gasteiger partial charge on any atom is 0.166 e. The van der Waals surface area contributed by atoms with E-state index in [4.69, 9.17) is 4.74 Å². The van der Waals surface area contributed by atoms with Crippen molar-refractivity contribution in [3.63, 3.8) is 0 Å². The van der Waals surface area contributed by atoms with Crippen molar-refractivity contribution in [3.8, 4) is 5.75 Å². The minimum absolute atomic E-state index is 0.318. The summed E-state index contributed by atoms with van der Waals surface area (Å²) in [6.45, 7) is 4.61. The number of ether oxygens (including phenoxy) is 1. The van der Waals surface area contributed by atoms with Gasteiger partial charge in [0.2, 0.25) is 0 Å². The van der Waals surface area contributed by atoms with Crippen LogP contribution in [0.1, 0.15) is 19.8 Å². The van der Waals surface area contributed by atoms with Gasteiger partial charge < -0.3 is 10.1 Å². The fourth-order valence-corrected chi connectivity index (χ4v) is 1.64. The lowest BCUT2D eigenvalue weighted by Gasteiger charge is -2.07. The fraction of sp³-hybridized carbons (Fsp3) is 0.500. The highest BCUT2D eigenvalue weighted by Crippen LogP contribution is 2.21. The number of unbranched alkanes of at least 4 members (excludes halogenated alkanes) is 1. The second-order valence-electron chi connectivity index (χ2n) is 3.48. The topological polar surface area (TPSA) is 21.3 Å². The van der Waals surface area contributed by atoms with Gasteiger partial charge in [0.15, 0.2) is 11.6 Å². The third-order valence-corrected chi connectivity index (χ3v) is 2.64. The van der Waals surface area contributed by atoms with Gasteiger partial charge in [0.25, 0.3) is 0 Å². The number of hydrogen-bond donors (Lipinski definition) is 1. The van der Waals surface area contributed by atoms with E-state index in [1.807, 2.05) is 0 Å². The molecule has 1 rings (SSSR count). The summed E-state index contributed by atoms with van der Waals surface area (Å²) in [5.41, 5.74) is 0. The van der Waals surface area contributed by atoms with Crippen LogP contribution in [0.3, 0.4) is 0 Å². The molecule has 0 atom stereocenters. The quantitative estimate of drug-likeness (QED) is 0.777. The molecule has 16 heavy (non-hydrogen) atoms. The average Bonchev–Trinajstić information content (AvgIpc) is 2.26. The van der Waals surface area contributed by atoms with Gasteiger partial charge in [-0.1, -0.05) is 22.9 Å². The normalized spacial score (nSPS) is 10.4. The van der Waals surface area contributed by atoms with Crippen LogP contribution in [0.15, 0.2) is 22.7 Å². The molecule has 0 aliphatic heterocycles. The van der Waals surface area contributed by atoms with E-state index in [9.17, 15) is 4.39 Å². The van der Waals surface area contributed by atoms with Crippen LogP contribution in [0, 0.1) is 5.82 Å². The Labute approximate surface area is 104 Å². The average molecular weight is 290 g/mol. The number of rotatable bonds is 7. The van der Waals surface area contributed by atoms with Gasteiger partial charge in [0.1, 0.15) is 0 Å². The fourth-order valence-electron chi connectivity index (χ4n) is 1.30. The molecular weight excluding hydrogens is 273 g/mol. The molecule has 0 aliphatic rings. The van der Waals surface area contributed by atoms with E-state index in [0.717, 1.165) is 30.4 Å². The molecule has 4 heteroatoms. The van der Waals surface area contributed by atoms with E-state index in [1.165, 1.54) is 6.07 Å². The lowest BCUT2D eigenvalue weighted by atomic mass is 10.3. The number of hydrogen-bond acceptors (Lipinski definition) is 2. The summed E-state index contributed by atoms with van der Waals surface area (Å²) in [6, 6.07) is 4.83. The van der Waals surface area contributed by atoms with E-state index >= 15 is 0 Å². The van der Waals surface area contributed by atoms with Crippen LogP contribution in [0.4, 0.5) is 4.39 Å². The summed E-state index contributed by atoms with van der Waals surface area (Å²) in [4.78, 5) is 0. The first-order valence-electron chi connectivity index (χ1n) is 5.52. The molecule has 90 valence electrons. The van der Waals surface area contributed by atoms with E-state index in [2.05, 4.69) is 28.2 Å². The Morgan fingerprint density at radius 1 is 1.38 bits per heavy atom. The monoisotopic (exact) mass is 289 g/mol. The highest BCUT2D eigenvalue weighted by molar-refractivity contribution is 9.10. The molecule has 2 nitrogen and oxygen atoms in total. The zero-order valence-corrected chi connectivity index (χ0v) is 11.0. The maximum atomic E-state index is 13.3. The van der Waals surface area contributed by atoms with Gasteiger partial charge in [-0.05, 0) is 44.1 Å². The van der Waals surface area contributed by atoms with Gasteiger partial charge in [-0.2, -0.15) is 0 Å². The smallest absolute Gasteiger partial charge is 0.166 e. The van der Waals surface area contributed by atoms with Crippen LogP contribution >= 0.6 is 15.9 Å². The Bertz CT molecular complexity index is 320. The van der Waals surface area contributed by atoms with Crippen molar-refractivity contribution in [2.24, 2.45) is 0 Å². The first-order chi connectivity index (χ1) is 7.74. The highest BCUT2D eigenvalue weighted by Gasteiger charge is 2.02. The van der Waals surface area contributed by atoms with Gasteiger partial charge in [-0.3, -0.25) is 0 Å². The molecule has 0 saturated carbocycles. The second-order valence-corrected chi connectivity index (χ2v) is 4.40. The standard InChI is InChI=1S/C12H17BrFNO/c1-2-15-7-3-4-8-16-12-6-5-10(13)9-11(12)14/h5-6,9,15H,2-4,7-8H2,1H3. The zero-order valence-electron chi connectivity index (χ0n) is 9.43. The minimum Gasteiger partial charge on any atom is -0.491 e. The molecule has 0 amide bonds. The molecule has 0 aromatic heterocycles. The van der Waals surface area contributed by atoms with E-state index < -0.39 is 0 Å². The zero-order chi connectivity index (χ0) is 11.8. The second kappa shape index (κ2) is 7.63. The Kier molecular flexibility index (Phi) is 6.42. The van der Waals surface area contributed by atoms with Gasteiger partial charge in [-0.15, -0.1) is 0 Å². The summed E-state index contributed by atoms with van der Waals surface area (Å²) in [5.74, 6) is 0.00714. The molecule has 0 unspecified atom stereocenters. The Hall–Kier alpha value is -0.610. The molecule has 0 aliphatic carbocycles. The SMILES string of the molecule is CCNCCCCOc1ccc(Br)cc1F. The van der Waals surface area contributed by atoms with Crippen LogP contribution in [0.2, 0.25) is 0 Å². The van der Waals surface area contributed by atoms with Crippen molar-refractivity contribution in [3.05, 3.63) is 28.5 Å². The minimum atomic E-state index is -0.318. The number of benzene rings is 1. The van der Waals surface area contributed by atoms with E-state index in [0.29, 0.717) is 12.4 Å². The maximum absolute atomic E-state index is 13.3. The summed E-state index contributed by atoms with van der Waals surface area (Å²) in [7, 11) is 0. The molecule has 1 aromatic carbocycles. The molecule has 0 heterocycles. The van der Waals surface area contributed by atoms with E-state index in [-0.39, 0.29) is 5.82 Å². The Balaban J connectivity index is 2.21. The molecule has 0 radical (unpaired) electrons. The number of nitrogens with one attached hydrogen (secondary N) is 1. The number of halogens is 2. The summed E-state index contributed by atoms with van der Waals surface area (Å²) >= 11 is 3.20. The summed E-state index contributed by atoms with van der Waals surface area (Å²) < 4.78 is 19.4. The Morgan fingerprint density at radius 3 is 2.88 bits per heavy atom. The van der Waals surface area contributed by atoms with Crippen LogP contribution < -0.4 is 10.1 Å². The summed E-state index contributed by atoms with van der Waals surface area (Å²) in [5, 5.41) is 3.23. The van der Waals surface area contributed by atoms with Crippen molar-refractivity contribution in [1.82, 2.24) is 5.32 Å². The lowest BCUT2D eigenvalue weighted by Crippen LogP contribution is -2.14. The van der Waals surface area contributed by atoms with Gasteiger partial charge in [0, 0.05) is 4.47 Å². The molecule has 0 saturated heterocycles. The molecule has 1 aromatic rings. The predicted octanol–water partition coefficient (Wildman–Crippen LogP) is 3.36. The molecule has 0 bridgehead atoms. The predicted molar refractivity (Wildman–Crippen MR) is 67.4 cm³/mol. The van der Waals surface area contributed by atoms with Gasteiger partial charge in [-0.25, -0.2) is 4.39 Å². The van der Waals surface area contributed by atoms with Gasteiger partial charge in [0.05, 0.1) is 6.61 Å². The molecule has 0 spiro atoms. The van der Waals surface area contributed by atoms with Crippen molar-refractivity contribution >= 4 is 15.9 Å². The van der Waals surface area contributed by atoms with Crippen molar-refractivity contribution in [1.29, 1.82) is 0 Å². The van der Waals surface area contributed by atoms with Crippen LogP contribution in [-0.4, -0.2) is 19.7 Å². The third-order valence-electron chi connectivity index (χ3n) is 2.15. The first kappa shape index (κ1) is 13.5. The van der Waals surface area contributed by atoms with Crippen molar-refractivity contribution < 1.29 is 9.13 Å². The highest BCUT2D eigenvalue weighted by atomic mass is 79.9. The van der Waals surface area contributed by atoms with Crippen molar-refractivity contribution in [2.45, 2.75) is 19.8 Å². The molecular formula is C12H17BrFNO. The molecule has 0 fully saturated rings. The van der Waals surface area contributed by atoms with Crippen LogP contribution in [-0.2, 0) is 0 Å². The third kappa shape index (κ3) is 4.94. The van der Waals surface area contributed by atoms with Crippen LogP contribution in [0.5, 0.6) is 5.75 Å². The van der Waals surface area contributed by atoms with Gasteiger partial charge >= 0.3 is 0 Å². The largest absolute Gasteiger partial charge is 0.491 e. The van der Waals surface area contributed by atoms with Crippen molar-refractivity contribution in [2.75, 3.05) is 19.7 Å². The Morgan fingerprint density at radius 2 is 2.19 bits per heavy atom. The first-order valence-corrected chi connectivity index (χ1v) is 6.32. The lowest BCUT2D eigenvalue weighted by molar-refractivity contribution is 0.291. The van der Waals surface area contributed by atoms with Crippen LogP contribution in [0.25, 0.3) is 0 Å². The van der Waals surface area contributed by atoms with E-state index in [1.54, 1.807) is 12.1 Å².